The lowest BCUT2D eigenvalue weighted by Gasteiger charge is -2.06. The number of aromatic nitrogens is 3. The van der Waals surface area contributed by atoms with Gasteiger partial charge in [-0.2, -0.15) is 0 Å². The normalized spacial score (nSPS) is 12.3. The Hall–Kier alpha value is -2.53. The van der Waals surface area contributed by atoms with Crippen LogP contribution in [0.3, 0.4) is 0 Å². The van der Waals surface area contributed by atoms with Crippen LogP contribution >= 0.6 is 0 Å². The number of hydrogen-bond donors (Lipinski definition) is 1. The molecule has 0 radical (unpaired) electrons. The van der Waals surface area contributed by atoms with Crippen molar-refractivity contribution < 1.29 is 4.42 Å². The zero-order valence-corrected chi connectivity index (χ0v) is 10.1. The van der Waals surface area contributed by atoms with Crippen LogP contribution in [0.2, 0.25) is 0 Å². The number of nitrogens with zero attached hydrogens (tertiary/aromatic N) is 3. The highest BCUT2D eigenvalue weighted by Crippen LogP contribution is 2.21. The van der Waals surface area contributed by atoms with E-state index < -0.39 is 6.04 Å². The van der Waals surface area contributed by atoms with Crippen LogP contribution in [0.15, 0.2) is 59.1 Å². The molecule has 5 nitrogen and oxygen atoms in total. The molecule has 2 N–H and O–H groups in total. The van der Waals surface area contributed by atoms with Crippen LogP contribution in [0.1, 0.15) is 17.5 Å². The van der Waals surface area contributed by atoms with E-state index in [1.165, 1.54) is 0 Å². The predicted molar refractivity (Wildman–Crippen MR) is 70.0 cm³/mol. The highest BCUT2D eigenvalue weighted by molar-refractivity contribution is 5.45. The van der Waals surface area contributed by atoms with Crippen molar-refractivity contribution in [3.63, 3.8) is 0 Å². The Balaban J connectivity index is 1.90. The maximum atomic E-state index is 6.09. The van der Waals surface area contributed by atoms with Crippen LogP contribution in [0.4, 0.5) is 0 Å². The fourth-order valence-electron chi connectivity index (χ4n) is 1.76. The molecule has 0 bridgehead atoms. The third kappa shape index (κ3) is 2.36. The smallest absolute Gasteiger partial charge is 0.266 e. The minimum atomic E-state index is -0.425. The average Bonchev–Trinajstić information content (AvgIpc) is 2.98. The summed E-state index contributed by atoms with van der Waals surface area (Å²) in [6.45, 7) is 0. The third-order valence-corrected chi connectivity index (χ3v) is 2.75. The molecule has 0 aliphatic rings. The Labute approximate surface area is 110 Å². The van der Waals surface area contributed by atoms with Crippen LogP contribution in [0, 0.1) is 0 Å². The molecule has 5 heteroatoms. The molecule has 0 saturated heterocycles. The van der Waals surface area contributed by atoms with Gasteiger partial charge in [-0.3, -0.25) is 4.98 Å². The largest absolute Gasteiger partial charge is 0.417 e. The Kier molecular flexibility index (Phi) is 3.04. The number of hydrogen-bond acceptors (Lipinski definition) is 5. The summed E-state index contributed by atoms with van der Waals surface area (Å²) in [5.41, 5.74) is 7.66. The lowest BCUT2D eigenvalue weighted by atomic mass is 10.1. The molecular formula is C14H12N4O. The second kappa shape index (κ2) is 4.99. The second-order valence-electron chi connectivity index (χ2n) is 4.05. The molecule has 0 amide bonds. The number of benzene rings is 1. The van der Waals surface area contributed by atoms with Crippen molar-refractivity contribution in [1.82, 2.24) is 15.2 Å². The molecule has 0 spiro atoms. The van der Waals surface area contributed by atoms with Crippen LogP contribution in [0.25, 0.3) is 11.6 Å². The van der Waals surface area contributed by atoms with Gasteiger partial charge in [-0.1, -0.05) is 36.4 Å². The zero-order chi connectivity index (χ0) is 13.1. The molecule has 0 saturated carbocycles. The first-order valence-corrected chi connectivity index (χ1v) is 5.90. The Morgan fingerprint density at radius 3 is 2.47 bits per heavy atom. The first kappa shape index (κ1) is 11.6. The van der Waals surface area contributed by atoms with Gasteiger partial charge in [-0.15, -0.1) is 10.2 Å². The van der Waals surface area contributed by atoms with Crippen molar-refractivity contribution in [3.05, 3.63) is 66.2 Å². The van der Waals surface area contributed by atoms with Crippen LogP contribution in [-0.2, 0) is 0 Å². The molecule has 0 fully saturated rings. The summed E-state index contributed by atoms with van der Waals surface area (Å²) in [5.74, 6) is 0.758. The number of rotatable bonds is 3. The zero-order valence-electron chi connectivity index (χ0n) is 10.1. The molecule has 3 aromatic rings. The van der Waals surface area contributed by atoms with Crippen molar-refractivity contribution >= 4 is 0 Å². The van der Waals surface area contributed by atoms with E-state index in [0.717, 1.165) is 5.56 Å². The molecule has 19 heavy (non-hydrogen) atoms. The minimum absolute atomic E-state index is 0.377. The van der Waals surface area contributed by atoms with E-state index in [4.69, 9.17) is 10.2 Å². The predicted octanol–water partition coefficient (Wildman–Crippen LogP) is 2.18. The quantitative estimate of drug-likeness (QED) is 0.773. The minimum Gasteiger partial charge on any atom is -0.417 e. The fourth-order valence-corrected chi connectivity index (χ4v) is 1.76. The first-order valence-electron chi connectivity index (χ1n) is 5.90. The first-order chi connectivity index (χ1) is 9.34. The van der Waals surface area contributed by atoms with Crippen molar-refractivity contribution in [1.29, 1.82) is 0 Å². The van der Waals surface area contributed by atoms with Gasteiger partial charge in [-0.05, 0) is 17.7 Å². The van der Waals surface area contributed by atoms with Crippen molar-refractivity contribution in [3.8, 4) is 11.6 Å². The van der Waals surface area contributed by atoms with Gasteiger partial charge in [0.25, 0.3) is 5.89 Å². The number of nitrogens with two attached hydrogens (primary N) is 1. The summed E-state index contributed by atoms with van der Waals surface area (Å²) in [6, 6.07) is 14.7. The molecule has 1 unspecified atom stereocenters. The monoisotopic (exact) mass is 252 g/mol. The highest BCUT2D eigenvalue weighted by Gasteiger charge is 2.17. The van der Waals surface area contributed by atoms with Crippen LogP contribution < -0.4 is 5.73 Å². The van der Waals surface area contributed by atoms with Crippen molar-refractivity contribution in [2.75, 3.05) is 0 Å². The SMILES string of the molecule is NC(c1ccccc1)c1nnc(-c2ccccn2)o1. The van der Waals surface area contributed by atoms with Crippen molar-refractivity contribution in [2.24, 2.45) is 5.73 Å². The summed E-state index contributed by atoms with van der Waals surface area (Å²) >= 11 is 0. The summed E-state index contributed by atoms with van der Waals surface area (Å²) in [5, 5.41) is 7.96. The molecule has 2 heterocycles. The van der Waals surface area contributed by atoms with E-state index in [2.05, 4.69) is 15.2 Å². The van der Waals surface area contributed by atoms with E-state index >= 15 is 0 Å². The van der Waals surface area contributed by atoms with Gasteiger partial charge >= 0.3 is 0 Å². The lowest BCUT2D eigenvalue weighted by Crippen LogP contribution is -2.11. The summed E-state index contributed by atoms with van der Waals surface area (Å²) in [6.07, 6.45) is 1.68. The standard InChI is InChI=1S/C14H12N4O/c15-12(10-6-2-1-3-7-10)14-18-17-13(19-14)11-8-4-5-9-16-11/h1-9,12H,15H2. The van der Waals surface area contributed by atoms with E-state index in [1.54, 1.807) is 6.20 Å². The van der Waals surface area contributed by atoms with Gasteiger partial charge in [-0.25, -0.2) is 0 Å². The number of pyridine rings is 1. The molecule has 94 valence electrons. The molecule has 1 atom stereocenters. The second-order valence-corrected chi connectivity index (χ2v) is 4.05. The molecule has 3 rings (SSSR count). The van der Waals surface area contributed by atoms with Crippen LogP contribution in [0.5, 0.6) is 0 Å². The maximum absolute atomic E-state index is 6.09. The Bertz CT molecular complexity index is 651. The van der Waals surface area contributed by atoms with Gasteiger partial charge in [0, 0.05) is 6.20 Å². The Morgan fingerprint density at radius 1 is 0.947 bits per heavy atom. The van der Waals surface area contributed by atoms with Gasteiger partial charge < -0.3 is 10.2 Å². The average molecular weight is 252 g/mol. The molecule has 2 aromatic heterocycles. The van der Waals surface area contributed by atoms with Gasteiger partial charge in [0.15, 0.2) is 0 Å². The molecular weight excluding hydrogens is 240 g/mol. The Morgan fingerprint density at radius 2 is 1.74 bits per heavy atom. The molecule has 0 aliphatic heterocycles. The van der Waals surface area contributed by atoms with E-state index in [9.17, 15) is 0 Å². The van der Waals surface area contributed by atoms with Gasteiger partial charge in [0.05, 0.1) is 0 Å². The highest BCUT2D eigenvalue weighted by atomic mass is 16.4. The fraction of sp³-hybridized carbons (Fsp3) is 0.0714. The van der Waals surface area contributed by atoms with Gasteiger partial charge in [0.2, 0.25) is 5.89 Å². The van der Waals surface area contributed by atoms with E-state index in [0.29, 0.717) is 17.5 Å². The maximum Gasteiger partial charge on any atom is 0.266 e. The van der Waals surface area contributed by atoms with Crippen molar-refractivity contribution in [2.45, 2.75) is 6.04 Å². The molecule has 0 aliphatic carbocycles. The summed E-state index contributed by atoms with van der Waals surface area (Å²) < 4.78 is 5.58. The topological polar surface area (TPSA) is 77.8 Å². The third-order valence-electron chi connectivity index (χ3n) is 2.75. The van der Waals surface area contributed by atoms with E-state index in [1.807, 2.05) is 48.5 Å². The summed E-state index contributed by atoms with van der Waals surface area (Å²) in [7, 11) is 0. The lowest BCUT2D eigenvalue weighted by molar-refractivity contribution is 0.483. The van der Waals surface area contributed by atoms with E-state index in [-0.39, 0.29) is 0 Å². The van der Waals surface area contributed by atoms with Crippen LogP contribution in [-0.4, -0.2) is 15.2 Å². The van der Waals surface area contributed by atoms with Gasteiger partial charge in [0.1, 0.15) is 11.7 Å². The molecule has 1 aromatic carbocycles. The summed E-state index contributed by atoms with van der Waals surface area (Å²) in [4.78, 5) is 4.16.